The molecule has 2 aromatic rings. The van der Waals surface area contributed by atoms with Crippen molar-refractivity contribution in [2.24, 2.45) is 0 Å². The summed E-state index contributed by atoms with van der Waals surface area (Å²) in [6.45, 7) is 6.21. The van der Waals surface area contributed by atoms with E-state index >= 15 is 0 Å². The number of anilines is 3. The molecule has 0 aliphatic carbocycles. The van der Waals surface area contributed by atoms with Crippen LogP contribution in [-0.4, -0.2) is 99.9 Å². The fourth-order valence-corrected chi connectivity index (χ4v) is 4.15. The number of nitrogens with zero attached hydrogens (tertiary/aromatic N) is 7. The number of carbonyl (C=O) groups excluding carboxylic acids is 1. The molecule has 2 fully saturated rings. The molecule has 2 saturated heterocycles. The van der Waals surface area contributed by atoms with Crippen molar-refractivity contribution in [2.45, 2.75) is 45.1 Å². The summed E-state index contributed by atoms with van der Waals surface area (Å²) in [5, 5.41) is 13.8. The molecule has 0 saturated carbocycles. The Morgan fingerprint density at radius 2 is 1.86 bits per heavy atom. The number of hydrogen-bond acceptors (Lipinski definition) is 9. The number of nitrogens with one attached hydrogen (secondary N) is 2. The van der Waals surface area contributed by atoms with Gasteiger partial charge in [0.25, 0.3) is 0 Å². The van der Waals surface area contributed by atoms with Crippen molar-refractivity contribution in [3.05, 3.63) is 24.7 Å². The summed E-state index contributed by atoms with van der Waals surface area (Å²) >= 11 is 0. The van der Waals surface area contributed by atoms with E-state index in [-0.39, 0.29) is 17.9 Å². The molecule has 3 N–H and O–H groups in total. The van der Waals surface area contributed by atoms with Crippen molar-refractivity contribution in [1.29, 1.82) is 0 Å². The molecule has 1 atom stereocenters. The molecule has 37 heavy (non-hydrogen) atoms. The Hall–Kier alpha value is -3.74. The van der Waals surface area contributed by atoms with Gasteiger partial charge >= 0.3 is 12.1 Å². The Kier molecular flexibility index (Phi) is 10.6. The number of ether oxygens (including phenoxy) is 1. The maximum atomic E-state index is 12.6. The number of carbonyl (C=O) groups is 2. The van der Waals surface area contributed by atoms with Gasteiger partial charge in [-0.1, -0.05) is 6.42 Å². The van der Waals surface area contributed by atoms with Crippen LogP contribution in [0.1, 0.15) is 39.0 Å². The van der Waals surface area contributed by atoms with Crippen LogP contribution in [0.2, 0.25) is 0 Å². The maximum absolute atomic E-state index is 12.6. The molecule has 4 rings (SSSR count). The first-order valence-corrected chi connectivity index (χ1v) is 12.6. The Balaban J connectivity index is 0.000000468. The predicted molar refractivity (Wildman–Crippen MR) is 140 cm³/mol. The molecule has 2 aromatic heterocycles. The topological polar surface area (TPSA) is 149 Å². The third kappa shape index (κ3) is 9.01. The van der Waals surface area contributed by atoms with Crippen LogP contribution in [0.25, 0.3) is 0 Å². The minimum Gasteiger partial charge on any atom is -0.477 e. The van der Waals surface area contributed by atoms with E-state index in [2.05, 4.69) is 42.5 Å². The summed E-state index contributed by atoms with van der Waals surface area (Å²) in [6.07, 6.45) is 9.14. The average Bonchev–Trinajstić information content (AvgIpc) is 2.90. The van der Waals surface area contributed by atoms with Gasteiger partial charge in [-0.15, -0.1) is 0 Å². The predicted octanol–water partition coefficient (Wildman–Crippen LogP) is 2.99. The van der Waals surface area contributed by atoms with Crippen molar-refractivity contribution < 1.29 is 19.4 Å². The van der Waals surface area contributed by atoms with Crippen LogP contribution in [0, 0.1) is 0 Å². The second-order valence-corrected chi connectivity index (χ2v) is 8.99. The number of amides is 3. The largest absolute Gasteiger partial charge is 0.477 e. The second kappa shape index (κ2) is 14.1. The molecule has 13 nitrogen and oxygen atoms in total. The molecular formula is C24H37N9O4. The highest BCUT2D eigenvalue weighted by atomic mass is 16.5. The zero-order valence-corrected chi connectivity index (χ0v) is 21.8. The zero-order chi connectivity index (χ0) is 26.6. The van der Waals surface area contributed by atoms with E-state index in [1.54, 1.807) is 11.9 Å². The minimum absolute atomic E-state index is 0.0749. The Labute approximate surface area is 217 Å². The van der Waals surface area contributed by atoms with E-state index in [0.717, 1.165) is 12.8 Å². The number of likely N-dealkylation sites (tertiary alicyclic amines) is 1. The van der Waals surface area contributed by atoms with Crippen LogP contribution in [0.3, 0.4) is 0 Å². The lowest BCUT2D eigenvalue weighted by Crippen LogP contribution is -2.50. The van der Waals surface area contributed by atoms with Gasteiger partial charge in [0.2, 0.25) is 11.8 Å². The Morgan fingerprint density at radius 3 is 2.49 bits per heavy atom. The number of rotatable bonds is 6. The van der Waals surface area contributed by atoms with E-state index < -0.39 is 6.09 Å². The molecular weight excluding hydrogens is 478 g/mol. The van der Waals surface area contributed by atoms with Crippen molar-refractivity contribution in [1.82, 2.24) is 29.7 Å². The zero-order valence-electron chi connectivity index (χ0n) is 21.8. The quantitative estimate of drug-likeness (QED) is 0.524. The van der Waals surface area contributed by atoms with E-state index in [0.29, 0.717) is 37.3 Å². The number of carboxylic acid groups (broad SMARTS) is 1. The SMILES string of the molecule is CCOc1cnc(NC(=O)N(C)C2CCCN(c3nccc(NC(=O)O)n3)C2)cn1.CN1CCCCC1. The summed E-state index contributed by atoms with van der Waals surface area (Å²) in [5.74, 6) is 1.34. The van der Waals surface area contributed by atoms with Gasteiger partial charge in [-0.05, 0) is 58.8 Å². The summed E-state index contributed by atoms with van der Waals surface area (Å²) in [7, 11) is 3.91. The molecule has 13 heteroatoms. The number of urea groups is 1. The maximum Gasteiger partial charge on any atom is 0.410 e. The summed E-state index contributed by atoms with van der Waals surface area (Å²) < 4.78 is 5.24. The Morgan fingerprint density at radius 1 is 1.08 bits per heavy atom. The van der Waals surface area contributed by atoms with Gasteiger partial charge in [-0.2, -0.15) is 4.98 Å². The molecule has 4 heterocycles. The monoisotopic (exact) mass is 515 g/mol. The molecule has 3 amide bonds. The normalized spacial score (nSPS) is 17.7. The van der Waals surface area contributed by atoms with Gasteiger partial charge in [0, 0.05) is 26.3 Å². The van der Waals surface area contributed by atoms with Crippen molar-refractivity contribution >= 4 is 29.7 Å². The van der Waals surface area contributed by atoms with E-state index in [9.17, 15) is 9.59 Å². The summed E-state index contributed by atoms with van der Waals surface area (Å²) in [6, 6.07) is 1.10. The van der Waals surface area contributed by atoms with E-state index in [1.165, 1.54) is 57.0 Å². The molecule has 2 aliphatic heterocycles. The lowest BCUT2D eigenvalue weighted by Gasteiger charge is -2.37. The first-order chi connectivity index (χ1) is 17.9. The van der Waals surface area contributed by atoms with Crippen LogP contribution < -0.4 is 20.3 Å². The highest BCUT2D eigenvalue weighted by molar-refractivity contribution is 5.88. The smallest absolute Gasteiger partial charge is 0.410 e. The molecule has 202 valence electrons. The second-order valence-electron chi connectivity index (χ2n) is 8.99. The molecule has 0 spiro atoms. The minimum atomic E-state index is -1.19. The standard InChI is InChI=1S/C18H24N8O4.C6H13N/c1-3-30-15-10-20-14(9-21-15)23-17(27)25(2)12-5-4-8-26(11-12)16-19-7-6-13(22-16)24-18(28)29;1-7-5-3-2-4-6-7/h6-7,9-10,12H,3-5,8,11H2,1-2H3,(H,28,29)(H,19,22,24)(H,20,23,27);2-6H2,1H3. The lowest BCUT2D eigenvalue weighted by molar-refractivity contribution is 0.195. The highest BCUT2D eigenvalue weighted by Gasteiger charge is 2.28. The number of aromatic nitrogens is 4. The van der Waals surface area contributed by atoms with Crippen molar-refractivity contribution in [3.8, 4) is 5.88 Å². The third-order valence-electron chi connectivity index (χ3n) is 6.16. The van der Waals surface area contributed by atoms with Crippen molar-refractivity contribution in [3.63, 3.8) is 0 Å². The Bertz CT molecular complexity index is 1000. The van der Waals surface area contributed by atoms with Crippen LogP contribution in [0.5, 0.6) is 5.88 Å². The van der Waals surface area contributed by atoms with Crippen LogP contribution in [0.15, 0.2) is 24.7 Å². The average molecular weight is 516 g/mol. The third-order valence-corrected chi connectivity index (χ3v) is 6.16. The van der Waals surface area contributed by atoms with E-state index in [1.807, 2.05) is 11.8 Å². The summed E-state index contributed by atoms with van der Waals surface area (Å²) in [4.78, 5) is 46.1. The van der Waals surface area contributed by atoms with Gasteiger partial charge in [0.1, 0.15) is 5.82 Å². The molecule has 2 aliphatic rings. The molecule has 1 unspecified atom stereocenters. The van der Waals surface area contributed by atoms with Gasteiger partial charge in [0.15, 0.2) is 5.82 Å². The first kappa shape index (κ1) is 27.8. The number of piperidine rings is 2. The highest BCUT2D eigenvalue weighted by Crippen LogP contribution is 2.21. The summed E-state index contributed by atoms with van der Waals surface area (Å²) in [5.41, 5.74) is 0. The number of hydrogen-bond donors (Lipinski definition) is 3. The molecule has 0 bridgehead atoms. The van der Waals surface area contributed by atoms with Crippen LogP contribution in [0.4, 0.5) is 27.2 Å². The fourth-order valence-electron chi connectivity index (χ4n) is 4.15. The first-order valence-electron chi connectivity index (χ1n) is 12.6. The fraction of sp³-hybridized carbons (Fsp3) is 0.583. The van der Waals surface area contributed by atoms with Gasteiger partial charge in [0.05, 0.1) is 25.0 Å². The van der Waals surface area contributed by atoms with Gasteiger partial charge in [-0.3, -0.25) is 10.6 Å². The van der Waals surface area contributed by atoms with Crippen LogP contribution >= 0.6 is 0 Å². The molecule has 0 aromatic carbocycles. The lowest BCUT2D eigenvalue weighted by atomic mass is 10.1. The van der Waals surface area contributed by atoms with Gasteiger partial charge < -0.3 is 24.5 Å². The van der Waals surface area contributed by atoms with Crippen LogP contribution in [-0.2, 0) is 0 Å². The molecule has 0 radical (unpaired) electrons. The number of likely N-dealkylation sites (N-methyl/N-ethyl adjacent to an activating group) is 1. The van der Waals surface area contributed by atoms with Gasteiger partial charge in [-0.25, -0.2) is 24.5 Å². The van der Waals surface area contributed by atoms with E-state index in [4.69, 9.17) is 9.84 Å². The van der Waals surface area contributed by atoms with Crippen molar-refractivity contribution in [2.75, 3.05) is 62.4 Å².